The first kappa shape index (κ1) is 15.7. The molecule has 0 saturated carbocycles. The molecule has 0 aliphatic carbocycles. The number of carbonyl (C=O) groups excluding carboxylic acids is 1. The normalized spacial score (nSPS) is 19.1. The van der Waals surface area contributed by atoms with E-state index in [0.717, 1.165) is 6.07 Å². The molecule has 0 saturated heterocycles. The molecule has 0 aromatic carbocycles. The van der Waals surface area contributed by atoms with Crippen LogP contribution in [0.1, 0.15) is 0 Å². The average Bonchev–Trinajstić information content (AvgIpc) is 2.34. The third-order valence-electron chi connectivity index (χ3n) is 2.11. The van der Waals surface area contributed by atoms with E-state index >= 15 is 0 Å². The van der Waals surface area contributed by atoms with Crippen LogP contribution in [-0.2, 0) is 9.59 Å². The van der Waals surface area contributed by atoms with E-state index in [4.69, 9.17) is 15.6 Å². The fourth-order valence-electron chi connectivity index (χ4n) is 1.37. The van der Waals surface area contributed by atoms with Gasteiger partial charge in [0.15, 0.2) is 5.92 Å². The molecule has 0 aromatic heterocycles. The van der Waals surface area contributed by atoms with Crippen LogP contribution in [0.3, 0.4) is 0 Å². The minimum atomic E-state index is -5.06. The number of carbonyl (C=O) groups is 2. The first-order chi connectivity index (χ1) is 9.22. The lowest BCUT2D eigenvalue weighted by atomic mass is 9.92. The van der Waals surface area contributed by atoms with Gasteiger partial charge in [-0.25, -0.2) is 4.99 Å². The summed E-state index contributed by atoms with van der Waals surface area (Å²) in [6.45, 7) is 0. The minimum Gasteiger partial charge on any atom is -0.481 e. The van der Waals surface area contributed by atoms with Crippen molar-refractivity contribution in [2.45, 2.75) is 6.18 Å². The summed E-state index contributed by atoms with van der Waals surface area (Å²) in [6.07, 6.45) is -5.06. The van der Waals surface area contributed by atoms with Crippen LogP contribution in [0.25, 0.3) is 0 Å². The second-order valence-corrected chi connectivity index (χ2v) is 4.36. The lowest BCUT2D eigenvalue weighted by Crippen LogP contribution is -2.31. The fraction of sp³-hybridized carbons (Fsp3) is 0.300. The van der Waals surface area contributed by atoms with Gasteiger partial charge in [-0.05, 0) is 0 Å². The summed E-state index contributed by atoms with van der Waals surface area (Å²) >= 11 is 0.314. The highest BCUT2D eigenvalue weighted by atomic mass is 32.2. The second-order valence-electron chi connectivity index (χ2n) is 3.40. The SMILES string of the molecule is N#CC1=C(C(F)(F)F)C(C#N)C(=O)N=C1SCC(=O)O. The summed E-state index contributed by atoms with van der Waals surface area (Å²) in [5, 5.41) is 25.2. The van der Waals surface area contributed by atoms with Crippen LogP contribution in [0.4, 0.5) is 13.2 Å². The number of nitriles is 2. The van der Waals surface area contributed by atoms with Crippen LogP contribution in [0.2, 0.25) is 0 Å². The van der Waals surface area contributed by atoms with E-state index in [1.807, 2.05) is 0 Å². The lowest BCUT2D eigenvalue weighted by molar-refractivity contribution is -0.133. The largest absolute Gasteiger partial charge is 0.481 e. The molecule has 1 heterocycles. The summed E-state index contributed by atoms with van der Waals surface area (Å²) in [6, 6.07) is 2.38. The Morgan fingerprint density at radius 2 is 2.05 bits per heavy atom. The van der Waals surface area contributed by atoms with Crippen molar-refractivity contribution < 1.29 is 27.9 Å². The Bertz CT molecular complexity index is 610. The Morgan fingerprint density at radius 1 is 1.45 bits per heavy atom. The standard InChI is InChI=1S/C10H4F3N3O3S/c11-10(12,13)7-4(1-14)8(19)16-9(5(7)2-15)20-3-6(17)18/h4H,3H2,(H,17,18). The van der Waals surface area contributed by atoms with Crippen LogP contribution in [0.5, 0.6) is 0 Å². The number of nitrogens with zero attached hydrogens (tertiary/aromatic N) is 3. The van der Waals surface area contributed by atoms with Crippen LogP contribution >= 0.6 is 11.8 Å². The van der Waals surface area contributed by atoms with Crippen LogP contribution in [0.15, 0.2) is 16.1 Å². The lowest BCUT2D eigenvalue weighted by Gasteiger charge is -2.20. The summed E-state index contributed by atoms with van der Waals surface area (Å²) < 4.78 is 38.6. The number of aliphatic carboxylic acids is 1. The zero-order valence-electron chi connectivity index (χ0n) is 9.43. The van der Waals surface area contributed by atoms with Crippen molar-refractivity contribution in [1.29, 1.82) is 10.5 Å². The molecule has 1 rings (SSSR count). The molecule has 0 aromatic rings. The Balaban J connectivity index is 3.38. The summed E-state index contributed by atoms with van der Waals surface area (Å²) in [5.74, 6) is -5.59. The van der Waals surface area contributed by atoms with Gasteiger partial charge in [-0.1, -0.05) is 11.8 Å². The molecule has 0 spiro atoms. The number of hydrogen-bond donors (Lipinski definition) is 1. The first-order valence-corrected chi connectivity index (χ1v) is 5.79. The van der Waals surface area contributed by atoms with Crippen molar-refractivity contribution in [3.63, 3.8) is 0 Å². The van der Waals surface area contributed by atoms with Crippen molar-refractivity contribution in [2.24, 2.45) is 10.9 Å². The van der Waals surface area contributed by atoms with Gasteiger partial charge in [0.2, 0.25) is 0 Å². The van der Waals surface area contributed by atoms with E-state index in [9.17, 15) is 22.8 Å². The molecule has 10 heteroatoms. The van der Waals surface area contributed by atoms with Crippen LogP contribution < -0.4 is 0 Å². The number of alkyl halides is 3. The number of rotatable bonds is 2. The Kier molecular flexibility index (Phi) is 4.53. The molecular formula is C10H4F3N3O3S. The summed E-state index contributed by atoms with van der Waals surface area (Å²) in [4.78, 5) is 25.0. The maximum atomic E-state index is 12.9. The molecule has 1 unspecified atom stereocenters. The Hall–Kier alpha value is -2.33. The predicted octanol–water partition coefficient (Wildman–Crippen LogP) is 1.27. The maximum Gasteiger partial charge on any atom is 0.415 e. The van der Waals surface area contributed by atoms with Crippen LogP contribution in [0, 0.1) is 28.6 Å². The van der Waals surface area contributed by atoms with E-state index in [2.05, 4.69) is 4.99 Å². The summed E-state index contributed by atoms with van der Waals surface area (Å²) in [7, 11) is 0. The number of carboxylic acid groups (broad SMARTS) is 1. The van der Waals surface area contributed by atoms with Crippen molar-refractivity contribution in [3.05, 3.63) is 11.1 Å². The molecule has 1 atom stereocenters. The van der Waals surface area contributed by atoms with Crippen molar-refractivity contribution >= 4 is 28.7 Å². The molecule has 20 heavy (non-hydrogen) atoms. The Morgan fingerprint density at radius 3 is 2.45 bits per heavy atom. The van der Waals surface area contributed by atoms with Gasteiger partial charge in [-0.3, -0.25) is 9.59 Å². The van der Waals surface area contributed by atoms with Crippen molar-refractivity contribution in [3.8, 4) is 12.1 Å². The second kappa shape index (κ2) is 5.75. The fourth-order valence-corrected chi connectivity index (χ4v) is 2.09. The van der Waals surface area contributed by atoms with Gasteiger partial charge in [-0.2, -0.15) is 23.7 Å². The number of amides is 1. The molecule has 1 aliphatic rings. The van der Waals surface area contributed by atoms with Gasteiger partial charge in [0.05, 0.1) is 23.0 Å². The molecule has 6 nitrogen and oxygen atoms in total. The quantitative estimate of drug-likeness (QED) is 0.821. The molecular weight excluding hydrogens is 299 g/mol. The van der Waals surface area contributed by atoms with Crippen LogP contribution in [-0.4, -0.2) is 34.0 Å². The molecule has 1 aliphatic heterocycles. The number of thioether (sulfide) groups is 1. The molecule has 1 N–H and O–H groups in total. The van der Waals surface area contributed by atoms with Crippen molar-refractivity contribution in [1.82, 2.24) is 0 Å². The van der Waals surface area contributed by atoms with E-state index in [1.54, 1.807) is 0 Å². The number of halogens is 3. The third kappa shape index (κ3) is 3.16. The van der Waals surface area contributed by atoms with E-state index in [-0.39, 0.29) is 0 Å². The number of hydrogen-bond acceptors (Lipinski definition) is 5. The van der Waals surface area contributed by atoms with Gasteiger partial charge in [0, 0.05) is 0 Å². The van der Waals surface area contributed by atoms with Gasteiger partial charge in [-0.15, -0.1) is 0 Å². The number of carboxylic acids is 1. The van der Waals surface area contributed by atoms with E-state index < -0.39 is 45.9 Å². The molecule has 0 radical (unpaired) electrons. The smallest absolute Gasteiger partial charge is 0.415 e. The highest BCUT2D eigenvalue weighted by Gasteiger charge is 2.47. The van der Waals surface area contributed by atoms with Gasteiger partial charge >= 0.3 is 12.1 Å². The van der Waals surface area contributed by atoms with Gasteiger partial charge in [0.1, 0.15) is 11.1 Å². The minimum absolute atomic E-state index is 0.314. The topological polar surface area (TPSA) is 114 Å². The highest BCUT2D eigenvalue weighted by Crippen LogP contribution is 2.38. The zero-order chi connectivity index (χ0) is 15.5. The Labute approximate surface area is 114 Å². The molecule has 0 fully saturated rings. The highest BCUT2D eigenvalue weighted by molar-refractivity contribution is 8.15. The first-order valence-electron chi connectivity index (χ1n) is 4.81. The number of aliphatic imine (C=N–C) groups is 1. The maximum absolute atomic E-state index is 12.9. The predicted molar refractivity (Wildman–Crippen MR) is 60.3 cm³/mol. The van der Waals surface area contributed by atoms with Gasteiger partial charge < -0.3 is 5.11 Å². The number of dihydropyridines is 1. The zero-order valence-corrected chi connectivity index (χ0v) is 10.2. The summed E-state index contributed by atoms with van der Waals surface area (Å²) in [5.41, 5.74) is -2.59. The molecule has 0 bridgehead atoms. The molecule has 1 amide bonds. The average molecular weight is 303 g/mol. The van der Waals surface area contributed by atoms with E-state index in [0.29, 0.717) is 11.8 Å². The van der Waals surface area contributed by atoms with E-state index in [1.165, 1.54) is 6.07 Å². The van der Waals surface area contributed by atoms with Gasteiger partial charge in [0.25, 0.3) is 5.91 Å². The third-order valence-corrected chi connectivity index (χ3v) is 3.07. The van der Waals surface area contributed by atoms with Crippen molar-refractivity contribution in [2.75, 3.05) is 5.75 Å². The molecule has 104 valence electrons. The monoisotopic (exact) mass is 303 g/mol.